The van der Waals surface area contributed by atoms with Crippen molar-refractivity contribution >= 4 is 20.7 Å². The third-order valence-corrected chi connectivity index (χ3v) is 3.07. The van der Waals surface area contributed by atoms with Gasteiger partial charge in [-0.3, -0.25) is 4.79 Å². The van der Waals surface area contributed by atoms with Crippen molar-refractivity contribution in [3.05, 3.63) is 23.8 Å². The quantitative estimate of drug-likeness (QED) is 0.456. The van der Waals surface area contributed by atoms with Crippen molar-refractivity contribution in [1.82, 2.24) is 0 Å². The van der Waals surface area contributed by atoms with E-state index in [1.165, 1.54) is 6.08 Å². The molecule has 0 bridgehead atoms. The minimum absolute atomic E-state index is 0.604. The van der Waals surface area contributed by atoms with Crippen LogP contribution in [-0.2, 0) is 4.79 Å². The average molecular weight is 280 g/mol. The Labute approximate surface area is 115 Å². The fourth-order valence-corrected chi connectivity index (χ4v) is 2.37. The molecular formula is C14H20O4Si. The maximum absolute atomic E-state index is 10.4. The van der Waals surface area contributed by atoms with Gasteiger partial charge in [0.05, 0.1) is 14.2 Å². The first-order valence-corrected chi connectivity index (χ1v) is 9.39. The SMILES string of the molecule is COc1cc(/C=C/C=O)cc(OC)c1O[Si](C)(C)C. The first-order chi connectivity index (χ1) is 8.91. The van der Waals surface area contributed by atoms with Crippen LogP contribution >= 0.6 is 0 Å². The molecule has 0 aromatic heterocycles. The molecule has 0 spiro atoms. The van der Waals surface area contributed by atoms with E-state index in [1.807, 2.05) is 12.1 Å². The summed E-state index contributed by atoms with van der Waals surface area (Å²) in [6, 6.07) is 3.63. The van der Waals surface area contributed by atoms with Crippen LogP contribution in [0.4, 0.5) is 0 Å². The summed E-state index contributed by atoms with van der Waals surface area (Å²) < 4.78 is 16.7. The number of carbonyl (C=O) groups excluding carboxylic acids is 1. The number of methoxy groups -OCH3 is 2. The lowest BCUT2D eigenvalue weighted by Gasteiger charge is -2.23. The maximum atomic E-state index is 10.4. The lowest BCUT2D eigenvalue weighted by Crippen LogP contribution is -2.29. The van der Waals surface area contributed by atoms with Gasteiger partial charge in [0.15, 0.2) is 17.2 Å². The number of hydrogen-bond acceptors (Lipinski definition) is 4. The van der Waals surface area contributed by atoms with E-state index in [0.29, 0.717) is 17.2 Å². The molecular weight excluding hydrogens is 260 g/mol. The summed E-state index contributed by atoms with van der Waals surface area (Å²) in [7, 11) is 1.39. The van der Waals surface area contributed by atoms with Crippen molar-refractivity contribution in [2.75, 3.05) is 14.2 Å². The van der Waals surface area contributed by atoms with Crippen LogP contribution in [0.5, 0.6) is 17.2 Å². The number of hydrogen-bond donors (Lipinski definition) is 0. The fraction of sp³-hybridized carbons (Fsp3) is 0.357. The monoisotopic (exact) mass is 280 g/mol. The van der Waals surface area contributed by atoms with Gasteiger partial charge in [0, 0.05) is 0 Å². The average Bonchev–Trinajstić information content (AvgIpc) is 2.35. The first kappa shape index (κ1) is 15.3. The maximum Gasteiger partial charge on any atom is 0.242 e. The molecule has 0 aliphatic rings. The van der Waals surface area contributed by atoms with Crippen molar-refractivity contribution in [1.29, 1.82) is 0 Å². The summed E-state index contributed by atoms with van der Waals surface area (Å²) in [5.41, 5.74) is 0.823. The Kier molecular flexibility index (Phi) is 5.17. The van der Waals surface area contributed by atoms with E-state index in [9.17, 15) is 4.79 Å². The Morgan fingerprint density at radius 2 is 1.58 bits per heavy atom. The summed E-state index contributed by atoms with van der Waals surface area (Å²) in [5.74, 6) is 1.83. The number of carbonyl (C=O) groups is 1. The molecule has 0 saturated carbocycles. The van der Waals surface area contributed by atoms with Crippen molar-refractivity contribution in [3.63, 3.8) is 0 Å². The van der Waals surface area contributed by atoms with Gasteiger partial charge in [0.25, 0.3) is 0 Å². The van der Waals surface area contributed by atoms with Gasteiger partial charge in [-0.2, -0.15) is 0 Å². The third-order valence-electron chi connectivity index (χ3n) is 2.26. The van der Waals surface area contributed by atoms with Crippen molar-refractivity contribution in [3.8, 4) is 17.2 Å². The zero-order chi connectivity index (χ0) is 14.5. The zero-order valence-corrected chi connectivity index (χ0v) is 13.0. The van der Waals surface area contributed by atoms with Crippen molar-refractivity contribution < 1.29 is 18.7 Å². The van der Waals surface area contributed by atoms with Crippen LogP contribution in [0.15, 0.2) is 18.2 Å². The number of aldehydes is 1. The Bertz CT molecular complexity index is 450. The molecule has 0 heterocycles. The second-order valence-electron chi connectivity index (χ2n) is 4.96. The van der Waals surface area contributed by atoms with Crippen LogP contribution in [0.25, 0.3) is 6.08 Å². The molecule has 4 nitrogen and oxygen atoms in total. The first-order valence-electron chi connectivity index (χ1n) is 5.98. The highest BCUT2D eigenvalue weighted by molar-refractivity contribution is 6.70. The van der Waals surface area contributed by atoms with E-state index in [0.717, 1.165) is 11.8 Å². The van der Waals surface area contributed by atoms with Crippen LogP contribution < -0.4 is 13.9 Å². The van der Waals surface area contributed by atoms with Crippen molar-refractivity contribution in [2.45, 2.75) is 19.6 Å². The van der Waals surface area contributed by atoms with Gasteiger partial charge >= 0.3 is 0 Å². The molecule has 0 amide bonds. The standard InChI is InChI=1S/C14H20O4Si/c1-16-12-9-11(7-6-8-15)10-13(17-2)14(12)18-19(3,4)5/h6-10H,1-5H3/b7-6+. The van der Waals surface area contributed by atoms with E-state index >= 15 is 0 Å². The fourth-order valence-electron chi connectivity index (χ4n) is 1.55. The van der Waals surface area contributed by atoms with E-state index < -0.39 is 8.32 Å². The highest BCUT2D eigenvalue weighted by Gasteiger charge is 2.22. The van der Waals surface area contributed by atoms with Gasteiger partial charge in [-0.15, -0.1) is 0 Å². The summed E-state index contributed by atoms with van der Waals surface area (Å²) in [5, 5.41) is 0. The van der Waals surface area contributed by atoms with Crippen LogP contribution in [0, 0.1) is 0 Å². The summed E-state index contributed by atoms with van der Waals surface area (Å²) >= 11 is 0. The highest BCUT2D eigenvalue weighted by atomic mass is 28.4. The molecule has 1 rings (SSSR count). The molecule has 19 heavy (non-hydrogen) atoms. The van der Waals surface area contributed by atoms with Gasteiger partial charge in [-0.05, 0) is 43.4 Å². The molecule has 0 aliphatic heterocycles. The lowest BCUT2D eigenvalue weighted by molar-refractivity contribution is -0.104. The molecule has 0 N–H and O–H groups in total. The summed E-state index contributed by atoms with van der Waals surface area (Å²) in [6.45, 7) is 6.27. The molecule has 0 saturated heterocycles. The molecule has 0 radical (unpaired) electrons. The van der Waals surface area contributed by atoms with E-state index in [1.54, 1.807) is 20.3 Å². The normalized spacial score (nSPS) is 11.4. The van der Waals surface area contributed by atoms with E-state index in [-0.39, 0.29) is 0 Å². The van der Waals surface area contributed by atoms with Crippen molar-refractivity contribution in [2.24, 2.45) is 0 Å². The number of allylic oxidation sites excluding steroid dienone is 1. The second kappa shape index (κ2) is 6.42. The summed E-state index contributed by atoms with van der Waals surface area (Å²) in [4.78, 5) is 10.4. The van der Waals surface area contributed by atoms with Gasteiger partial charge in [-0.25, -0.2) is 0 Å². The zero-order valence-electron chi connectivity index (χ0n) is 12.0. The molecule has 0 aliphatic carbocycles. The minimum atomic E-state index is -1.77. The Balaban J connectivity index is 3.29. The molecule has 0 fully saturated rings. The topological polar surface area (TPSA) is 44.8 Å². The van der Waals surface area contributed by atoms with Gasteiger partial charge in [-0.1, -0.05) is 6.08 Å². The van der Waals surface area contributed by atoms with E-state index in [2.05, 4.69) is 19.6 Å². The number of benzene rings is 1. The Morgan fingerprint density at radius 1 is 1.05 bits per heavy atom. The van der Waals surface area contributed by atoms with Gasteiger partial charge in [0.1, 0.15) is 6.29 Å². The second-order valence-corrected chi connectivity index (χ2v) is 9.39. The van der Waals surface area contributed by atoms with Crippen LogP contribution in [0.2, 0.25) is 19.6 Å². The largest absolute Gasteiger partial charge is 0.539 e. The van der Waals surface area contributed by atoms with Crippen LogP contribution in [0.3, 0.4) is 0 Å². The predicted octanol–water partition coefficient (Wildman–Crippen LogP) is 3.13. The minimum Gasteiger partial charge on any atom is -0.539 e. The number of rotatable bonds is 6. The third kappa shape index (κ3) is 4.44. The molecule has 1 aromatic carbocycles. The molecule has 104 valence electrons. The molecule has 5 heteroatoms. The molecule has 0 unspecified atom stereocenters. The summed E-state index contributed by atoms with van der Waals surface area (Å²) in [6.07, 6.45) is 3.84. The smallest absolute Gasteiger partial charge is 0.242 e. The van der Waals surface area contributed by atoms with Gasteiger partial charge < -0.3 is 13.9 Å². The lowest BCUT2D eigenvalue weighted by atomic mass is 10.1. The molecule has 1 aromatic rings. The van der Waals surface area contributed by atoms with E-state index in [4.69, 9.17) is 13.9 Å². The van der Waals surface area contributed by atoms with Gasteiger partial charge in [0.2, 0.25) is 8.32 Å². The molecule has 0 atom stereocenters. The van der Waals surface area contributed by atoms with Crippen LogP contribution in [0.1, 0.15) is 5.56 Å². The Morgan fingerprint density at radius 3 is 1.95 bits per heavy atom. The Hall–Kier alpha value is -1.75. The predicted molar refractivity (Wildman–Crippen MR) is 78.6 cm³/mol. The van der Waals surface area contributed by atoms with Crippen LogP contribution in [-0.4, -0.2) is 28.8 Å². The highest BCUT2D eigenvalue weighted by Crippen LogP contribution is 2.40. The number of ether oxygens (including phenoxy) is 2.